The standard InChI is InChI=1S/C12H20N2O2S/c13-8-11-17(15,16)14-9-6-12(7-10-14)4-2-1-3-5-12/h1-7,9-11H2. The number of sulfonamides is 1. The average molecular weight is 256 g/mol. The molecule has 0 amide bonds. The highest BCUT2D eigenvalue weighted by Crippen LogP contribution is 2.44. The predicted octanol–water partition coefficient (Wildman–Crippen LogP) is 1.89. The minimum Gasteiger partial charge on any atom is -0.211 e. The van der Waals surface area contributed by atoms with Gasteiger partial charge in [0.15, 0.2) is 5.75 Å². The van der Waals surface area contributed by atoms with E-state index in [0.29, 0.717) is 18.5 Å². The van der Waals surface area contributed by atoms with Crippen molar-refractivity contribution in [2.45, 2.75) is 44.9 Å². The van der Waals surface area contributed by atoms with Crippen molar-refractivity contribution < 1.29 is 8.42 Å². The summed E-state index contributed by atoms with van der Waals surface area (Å²) in [4.78, 5) is 0. The van der Waals surface area contributed by atoms with E-state index >= 15 is 0 Å². The molecule has 0 aromatic rings. The van der Waals surface area contributed by atoms with Gasteiger partial charge < -0.3 is 0 Å². The largest absolute Gasteiger partial charge is 0.227 e. The zero-order valence-electron chi connectivity index (χ0n) is 10.2. The molecule has 0 unspecified atom stereocenters. The zero-order chi connectivity index (χ0) is 12.4. The Morgan fingerprint density at radius 1 is 1.06 bits per heavy atom. The maximum atomic E-state index is 11.8. The van der Waals surface area contributed by atoms with E-state index in [-0.39, 0.29) is 5.75 Å². The molecule has 2 fully saturated rings. The molecule has 0 N–H and O–H groups in total. The summed E-state index contributed by atoms with van der Waals surface area (Å²) in [6, 6.07) is 1.75. The van der Waals surface area contributed by atoms with Gasteiger partial charge in [0.1, 0.15) is 0 Å². The van der Waals surface area contributed by atoms with E-state index in [1.807, 2.05) is 0 Å². The highest BCUT2D eigenvalue weighted by atomic mass is 32.2. The Kier molecular flexibility index (Phi) is 3.74. The Balaban J connectivity index is 1.96. The molecule has 1 spiro atoms. The SMILES string of the molecule is N#CCS(=O)(=O)N1CCC2(CCCCC2)CC1. The van der Waals surface area contributed by atoms with Gasteiger partial charge in [-0.2, -0.15) is 5.26 Å². The molecule has 5 heteroatoms. The lowest BCUT2D eigenvalue weighted by Crippen LogP contribution is -2.44. The second-order valence-corrected chi connectivity index (χ2v) is 7.34. The van der Waals surface area contributed by atoms with Crippen molar-refractivity contribution >= 4 is 10.0 Å². The summed E-state index contributed by atoms with van der Waals surface area (Å²) < 4.78 is 25.0. The molecular formula is C12H20N2O2S. The van der Waals surface area contributed by atoms with Crippen LogP contribution in [0.2, 0.25) is 0 Å². The average Bonchev–Trinajstić information content (AvgIpc) is 2.30. The summed E-state index contributed by atoms with van der Waals surface area (Å²) >= 11 is 0. The van der Waals surface area contributed by atoms with Crippen LogP contribution < -0.4 is 0 Å². The summed E-state index contributed by atoms with van der Waals surface area (Å²) in [7, 11) is -3.32. The van der Waals surface area contributed by atoms with Crippen LogP contribution in [0.15, 0.2) is 0 Å². The van der Waals surface area contributed by atoms with Crippen molar-refractivity contribution in [1.29, 1.82) is 5.26 Å². The van der Waals surface area contributed by atoms with Crippen molar-refractivity contribution in [2.24, 2.45) is 5.41 Å². The molecule has 1 saturated carbocycles. The monoisotopic (exact) mass is 256 g/mol. The van der Waals surface area contributed by atoms with E-state index in [0.717, 1.165) is 12.8 Å². The molecule has 2 aliphatic rings. The van der Waals surface area contributed by atoms with E-state index in [2.05, 4.69) is 0 Å². The molecule has 0 atom stereocenters. The van der Waals surface area contributed by atoms with Crippen molar-refractivity contribution in [3.8, 4) is 6.07 Å². The molecule has 1 saturated heterocycles. The molecule has 2 rings (SSSR count). The van der Waals surface area contributed by atoms with Gasteiger partial charge in [0.25, 0.3) is 0 Å². The minimum atomic E-state index is -3.32. The fourth-order valence-electron chi connectivity index (χ4n) is 3.21. The Morgan fingerprint density at radius 2 is 1.65 bits per heavy atom. The molecule has 0 radical (unpaired) electrons. The number of piperidine rings is 1. The minimum absolute atomic E-state index is 0.375. The van der Waals surface area contributed by atoms with E-state index in [9.17, 15) is 8.42 Å². The molecule has 0 aromatic carbocycles. The van der Waals surface area contributed by atoms with Crippen molar-refractivity contribution in [3.63, 3.8) is 0 Å². The number of nitrogens with zero attached hydrogens (tertiary/aromatic N) is 2. The molecule has 1 heterocycles. The topological polar surface area (TPSA) is 61.2 Å². The first-order chi connectivity index (χ1) is 8.08. The van der Waals surface area contributed by atoms with E-state index in [1.54, 1.807) is 6.07 Å². The third-order valence-corrected chi connectivity index (χ3v) is 5.98. The molecule has 17 heavy (non-hydrogen) atoms. The van der Waals surface area contributed by atoms with Crippen LogP contribution in [0.4, 0.5) is 0 Å². The van der Waals surface area contributed by atoms with Gasteiger partial charge in [0.05, 0.1) is 6.07 Å². The Hall–Kier alpha value is -0.600. The van der Waals surface area contributed by atoms with Gasteiger partial charge in [-0.1, -0.05) is 19.3 Å². The lowest BCUT2D eigenvalue weighted by atomic mass is 9.68. The van der Waals surface area contributed by atoms with Crippen LogP contribution in [0, 0.1) is 16.7 Å². The highest BCUT2D eigenvalue weighted by Gasteiger charge is 2.38. The Labute approximate surface area is 104 Å². The second-order valence-electron chi connectivity index (χ2n) is 5.37. The second kappa shape index (κ2) is 4.95. The van der Waals surface area contributed by atoms with Crippen molar-refractivity contribution in [3.05, 3.63) is 0 Å². The predicted molar refractivity (Wildman–Crippen MR) is 65.7 cm³/mol. The van der Waals surface area contributed by atoms with E-state index < -0.39 is 10.0 Å². The van der Waals surface area contributed by atoms with Crippen LogP contribution in [0.1, 0.15) is 44.9 Å². The molecule has 1 aliphatic carbocycles. The summed E-state index contributed by atoms with van der Waals surface area (Å²) in [5, 5.41) is 8.52. The normalized spacial score (nSPS) is 25.6. The zero-order valence-corrected chi connectivity index (χ0v) is 11.0. The van der Waals surface area contributed by atoms with Crippen molar-refractivity contribution in [1.82, 2.24) is 4.31 Å². The molecule has 4 nitrogen and oxygen atoms in total. The number of rotatable bonds is 2. The van der Waals surface area contributed by atoms with Crippen LogP contribution in [-0.4, -0.2) is 31.6 Å². The maximum Gasteiger partial charge on any atom is 0.227 e. The van der Waals surface area contributed by atoms with Crippen LogP contribution in [0.3, 0.4) is 0 Å². The fourth-order valence-corrected chi connectivity index (χ4v) is 4.30. The summed E-state index contributed by atoms with van der Waals surface area (Å²) in [6.07, 6.45) is 8.42. The van der Waals surface area contributed by atoms with Gasteiger partial charge in [0.2, 0.25) is 10.0 Å². The lowest BCUT2D eigenvalue weighted by Gasteiger charge is -2.43. The molecule has 1 aliphatic heterocycles. The van der Waals surface area contributed by atoms with Gasteiger partial charge in [0, 0.05) is 13.1 Å². The van der Waals surface area contributed by atoms with Crippen molar-refractivity contribution in [2.75, 3.05) is 18.8 Å². The smallest absolute Gasteiger partial charge is 0.211 e. The van der Waals surface area contributed by atoms with Gasteiger partial charge >= 0.3 is 0 Å². The quantitative estimate of drug-likeness (QED) is 0.758. The van der Waals surface area contributed by atoms with Crippen LogP contribution in [-0.2, 0) is 10.0 Å². The van der Waals surface area contributed by atoms with Crippen LogP contribution in [0.25, 0.3) is 0 Å². The van der Waals surface area contributed by atoms with E-state index in [1.165, 1.54) is 36.4 Å². The van der Waals surface area contributed by atoms with Gasteiger partial charge in [-0.3, -0.25) is 0 Å². The Bertz CT molecular complexity index is 395. The van der Waals surface area contributed by atoms with Crippen LogP contribution >= 0.6 is 0 Å². The molecular weight excluding hydrogens is 236 g/mol. The summed E-state index contributed by atoms with van der Waals surface area (Å²) in [5.41, 5.74) is 0.414. The first kappa shape index (κ1) is 12.8. The van der Waals surface area contributed by atoms with Gasteiger partial charge in [-0.15, -0.1) is 0 Å². The number of hydrogen-bond acceptors (Lipinski definition) is 3. The summed E-state index contributed by atoms with van der Waals surface area (Å²) in [5.74, 6) is -0.375. The highest BCUT2D eigenvalue weighted by molar-refractivity contribution is 7.89. The first-order valence-corrected chi connectivity index (χ1v) is 8.04. The van der Waals surface area contributed by atoms with Gasteiger partial charge in [-0.25, -0.2) is 12.7 Å². The molecule has 96 valence electrons. The fraction of sp³-hybridized carbons (Fsp3) is 0.917. The third kappa shape index (κ3) is 2.80. The molecule has 0 bridgehead atoms. The van der Waals surface area contributed by atoms with E-state index in [4.69, 9.17) is 5.26 Å². The van der Waals surface area contributed by atoms with Crippen LogP contribution in [0.5, 0.6) is 0 Å². The number of nitriles is 1. The summed E-state index contributed by atoms with van der Waals surface area (Å²) in [6.45, 7) is 1.23. The Morgan fingerprint density at radius 3 is 2.18 bits per heavy atom. The lowest BCUT2D eigenvalue weighted by molar-refractivity contribution is 0.102. The van der Waals surface area contributed by atoms with Gasteiger partial charge in [-0.05, 0) is 31.1 Å². The maximum absolute atomic E-state index is 11.8. The molecule has 0 aromatic heterocycles. The first-order valence-electron chi connectivity index (χ1n) is 6.43. The third-order valence-electron chi connectivity index (χ3n) is 4.34. The number of hydrogen-bond donors (Lipinski definition) is 0.